The Morgan fingerprint density at radius 3 is 2.50 bits per heavy atom. The zero-order valence-corrected chi connectivity index (χ0v) is 15.9. The number of aromatic hydroxyl groups is 1. The van der Waals surface area contributed by atoms with E-state index in [0.29, 0.717) is 13.2 Å². The van der Waals surface area contributed by atoms with Gasteiger partial charge in [0.15, 0.2) is 0 Å². The van der Waals surface area contributed by atoms with Crippen LogP contribution in [0.5, 0.6) is 11.5 Å². The summed E-state index contributed by atoms with van der Waals surface area (Å²) in [5.41, 5.74) is 1.90. The van der Waals surface area contributed by atoms with E-state index < -0.39 is 11.2 Å². The Kier molecular flexibility index (Phi) is 9.88. The lowest BCUT2D eigenvalue weighted by Crippen LogP contribution is -2.07. The van der Waals surface area contributed by atoms with Crippen molar-refractivity contribution in [2.75, 3.05) is 19.8 Å². The minimum Gasteiger partial charge on any atom is -0.508 e. The lowest BCUT2D eigenvalue weighted by atomic mass is 10.1. The van der Waals surface area contributed by atoms with Crippen molar-refractivity contribution < 1.29 is 27.8 Å². The van der Waals surface area contributed by atoms with Gasteiger partial charge in [0.25, 0.3) is 0 Å². The maximum atomic E-state index is 12.1. The first-order valence-electron chi connectivity index (χ1n) is 8.71. The van der Waals surface area contributed by atoms with Crippen molar-refractivity contribution in [3.8, 4) is 11.5 Å². The molecule has 0 bridgehead atoms. The van der Waals surface area contributed by atoms with Crippen LogP contribution in [-0.2, 0) is 11.2 Å². The van der Waals surface area contributed by atoms with Gasteiger partial charge in [0, 0.05) is 6.61 Å². The molecule has 0 amide bonds. The maximum Gasteiger partial charge on any atom is 0.426 e. The maximum absolute atomic E-state index is 12.1. The van der Waals surface area contributed by atoms with E-state index in [1.165, 1.54) is 0 Å². The highest BCUT2D eigenvalue weighted by molar-refractivity contribution is 6.30. The highest BCUT2D eigenvalue weighted by atomic mass is 35.5. The van der Waals surface area contributed by atoms with Gasteiger partial charge in [0.2, 0.25) is 0 Å². The van der Waals surface area contributed by atoms with Gasteiger partial charge in [-0.2, -0.15) is 13.2 Å². The van der Waals surface area contributed by atoms with Crippen molar-refractivity contribution in [3.05, 3.63) is 34.4 Å². The summed E-state index contributed by atoms with van der Waals surface area (Å²) < 4.78 is 47.6. The summed E-state index contributed by atoms with van der Waals surface area (Å²) in [6.07, 6.45) is -0.0536. The van der Waals surface area contributed by atoms with Crippen LogP contribution in [0.15, 0.2) is 23.2 Å². The number of alkyl halides is 3. The molecule has 0 saturated heterocycles. The molecule has 0 saturated carbocycles. The molecular formula is C19H26ClF3O3. The van der Waals surface area contributed by atoms with Crippen molar-refractivity contribution in [3.63, 3.8) is 0 Å². The van der Waals surface area contributed by atoms with Gasteiger partial charge in [-0.05, 0) is 62.3 Å². The fourth-order valence-corrected chi connectivity index (χ4v) is 2.55. The van der Waals surface area contributed by atoms with Gasteiger partial charge >= 0.3 is 6.18 Å². The predicted molar refractivity (Wildman–Crippen MR) is 97.0 cm³/mol. The molecule has 0 aromatic heterocycles. The Balaban J connectivity index is 2.14. The van der Waals surface area contributed by atoms with Gasteiger partial charge in [-0.25, -0.2) is 0 Å². The molecule has 1 aromatic carbocycles. The fourth-order valence-electron chi connectivity index (χ4n) is 2.44. The molecule has 7 heteroatoms. The molecule has 3 nitrogen and oxygen atoms in total. The molecule has 0 fully saturated rings. The molecule has 1 N–H and O–H groups in total. The monoisotopic (exact) mass is 394 g/mol. The van der Waals surface area contributed by atoms with E-state index in [9.17, 15) is 18.3 Å². The number of aryl methyl sites for hydroxylation is 2. The van der Waals surface area contributed by atoms with Crippen LogP contribution in [0.1, 0.15) is 43.7 Å². The molecule has 1 rings (SSSR count). The Hall–Kier alpha value is -1.40. The number of benzene rings is 1. The third-order valence-electron chi connectivity index (χ3n) is 3.75. The van der Waals surface area contributed by atoms with E-state index in [0.717, 1.165) is 48.6 Å². The summed E-state index contributed by atoms with van der Waals surface area (Å²) in [6.45, 7) is 5.20. The van der Waals surface area contributed by atoms with Crippen LogP contribution in [0.3, 0.4) is 0 Å². The van der Waals surface area contributed by atoms with Gasteiger partial charge in [-0.3, -0.25) is 0 Å². The smallest absolute Gasteiger partial charge is 0.426 e. The molecule has 0 heterocycles. The molecule has 148 valence electrons. The Morgan fingerprint density at radius 1 is 1.15 bits per heavy atom. The van der Waals surface area contributed by atoms with E-state index in [2.05, 4.69) is 0 Å². The SMILES string of the molecule is CCc1cc(O)cc(C)c1OCCCCCOCC/C=C(\Cl)C(F)(F)F. The van der Waals surface area contributed by atoms with Crippen LogP contribution >= 0.6 is 11.6 Å². The van der Waals surface area contributed by atoms with Crippen molar-refractivity contribution in [2.24, 2.45) is 0 Å². The van der Waals surface area contributed by atoms with Crippen molar-refractivity contribution >= 4 is 11.6 Å². The van der Waals surface area contributed by atoms with E-state index in [1.807, 2.05) is 13.8 Å². The minimum absolute atomic E-state index is 0.140. The minimum atomic E-state index is -4.48. The van der Waals surface area contributed by atoms with E-state index >= 15 is 0 Å². The summed E-state index contributed by atoms with van der Waals surface area (Å²) in [7, 11) is 0. The van der Waals surface area contributed by atoms with Crippen LogP contribution in [0.4, 0.5) is 13.2 Å². The molecule has 0 radical (unpaired) electrons. The molecule has 0 aliphatic rings. The molecule has 26 heavy (non-hydrogen) atoms. The molecule has 0 atom stereocenters. The van der Waals surface area contributed by atoms with Gasteiger partial charge < -0.3 is 14.6 Å². The van der Waals surface area contributed by atoms with Crippen LogP contribution in [0.2, 0.25) is 0 Å². The summed E-state index contributed by atoms with van der Waals surface area (Å²) in [5.74, 6) is 1.07. The van der Waals surface area contributed by atoms with Gasteiger partial charge in [0.1, 0.15) is 16.5 Å². The number of rotatable bonds is 11. The summed E-state index contributed by atoms with van der Waals surface area (Å²) in [5, 5.41) is 8.51. The van der Waals surface area contributed by atoms with Crippen LogP contribution in [0, 0.1) is 6.92 Å². The number of phenols is 1. The number of phenolic OH excluding ortho intramolecular Hbond substituents is 1. The van der Waals surface area contributed by atoms with Gasteiger partial charge in [-0.15, -0.1) is 0 Å². The molecular weight excluding hydrogens is 369 g/mol. The van der Waals surface area contributed by atoms with E-state index in [4.69, 9.17) is 21.1 Å². The van der Waals surface area contributed by atoms with Crippen LogP contribution in [-0.4, -0.2) is 31.1 Å². The zero-order valence-electron chi connectivity index (χ0n) is 15.2. The third-order valence-corrected chi connectivity index (χ3v) is 4.12. The number of unbranched alkanes of at least 4 members (excludes halogenated alkanes) is 2. The zero-order chi connectivity index (χ0) is 19.6. The quantitative estimate of drug-likeness (QED) is 0.474. The molecule has 0 spiro atoms. The number of hydrogen-bond acceptors (Lipinski definition) is 3. The summed E-state index contributed by atoms with van der Waals surface area (Å²) in [6, 6.07) is 3.40. The number of halogens is 4. The first-order chi connectivity index (χ1) is 12.3. The Bertz CT molecular complexity index is 586. The fraction of sp³-hybridized carbons (Fsp3) is 0.579. The second-order valence-electron chi connectivity index (χ2n) is 5.96. The van der Waals surface area contributed by atoms with E-state index in [-0.39, 0.29) is 18.8 Å². The normalized spacial score (nSPS) is 12.5. The number of hydrogen-bond donors (Lipinski definition) is 1. The topological polar surface area (TPSA) is 38.7 Å². The molecule has 0 unspecified atom stereocenters. The van der Waals surface area contributed by atoms with Crippen molar-refractivity contribution in [2.45, 2.75) is 52.1 Å². The van der Waals surface area contributed by atoms with E-state index in [1.54, 1.807) is 12.1 Å². The average molecular weight is 395 g/mol. The van der Waals surface area contributed by atoms with Crippen LogP contribution < -0.4 is 4.74 Å². The number of ether oxygens (including phenoxy) is 2. The Morgan fingerprint density at radius 2 is 1.85 bits per heavy atom. The van der Waals surface area contributed by atoms with Gasteiger partial charge in [0.05, 0.1) is 13.2 Å². The Labute approximate surface area is 157 Å². The van der Waals surface area contributed by atoms with Crippen LogP contribution in [0.25, 0.3) is 0 Å². The average Bonchev–Trinajstić information content (AvgIpc) is 2.56. The number of allylic oxidation sites excluding steroid dienone is 1. The lowest BCUT2D eigenvalue weighted by molar-refractivity contribution is -0.0848. The lowest BCUT2D eigenvalue weighted by Gasteiger charge is -2.14. The van der Waals surface area contributed by atoms with Gasteiger partial charge in [-0.1, -0.05) is 24.6 Å². The summed E-state index contributed by atoms with van der Waals surface area (Å²) in [4.78, 5) is 0. The third kappa shape index (κ3) is 8.32. The molecule has 0 aliphatic heterocycles. The summed E-state index contributed by atoms with van der Waals surface area (Å²) >= 11 is 5.10. The largest absolute Gasteiger partial charge is 0.508 e. The second-order valence-corrected chi connectivity index (χ2v) is 6.37. The standard InChI is InChI=1S/C19H26ClF3O3/c1-3-15-13-16(24)12-14(2)18(15)26-11-6-4-5-9-25-10-7-8-17(20)19(21,22)23/h8,12-13,24H,3-7,9-11H2,1-2H3/b17-8-. The van der Waals surface area contributed by atoms with Crippen molar-refractivity contribution in [1.82, 2.24) is 0 Å². The van der Waals surface area contributed by atoms with Crippen molar-refractivity contribution in [1.29, 1.82) is 0 Å². The highest BCUT2D eigenvalue weighted by Crippen LogP contribution is 2.29. The molecule has 1 aromatic rings. The second kappa shape index (κ2) is 11.3. The molecule has 0 aliphatic carbocycles. The first-order valence-corrected chi connectivity index (χ1v) is 9.09. The predicted octanol–water partition coefficient (Wildman–Crippen LogP) is 5.90. The first kappa shape index (κ1) is 22.6. The highest BCUT2D eigenvalue weighted by Gasteiger charge is 2.31.